The number of hydrogen-bond acceptors (Lipinski definition) is 5. The average molecular weight is 398 g/mol. The van der Waals surface area contributed by atoms with Crippen molar-refractivity contribution in [1.29, 1.82) is 0 Å². The molecule has 0 radical (unpaired) electrons. The highest BCUT2D eigenvalue weighted by Crippen LogP contribution is 2.39. The molecule has 4 rings (SSSR count). The van der Waals surface area contributed by atoms with Crippen LogP contribution in [-0.4, -0.2) is 28.2 Å². The maximum Gasteiger partial charge on any atom is 0.354 e. The fraction of sp³-hybridized carbons (Fsp3) is 0.100. The Bertz CT molecular complexity index is 1220. The van der Waals surface area contributed by atoms with Gasteiger partial charge in [0, 0.05) is 29.1 Å². The van der Waals surface area contributed by atoms with Gasteiger partial charge in [-0.2, -0.15) is 0 Å². The van der Waals surface area contributed by atoms with Gasteiger partial charge in [-0.1, -0.05) is 17.7 Å². The van der Waals surface area contributed by atoms with Crippen LogP contribution in [0.3, 0.4) is 0 Å². The fourth-order valence-corrected chi connectivity index (χ4v) is 3.40. The van der Waals surface area contributed by atoms with E-state index in [9.17, 15) is 9.90 Å². The number of H-pyrrole nitrogens is 1. The second-order valence-corrected chi connectivity index (χ2v) is 6.64. The molecule has 28 heavy (non-hydrogen) atoms. The van der Waals surface area contributed by atoms with Gasteiger partial charge in [0.1, 0.15) is 5.75 Å². The molecule has 0 saturated carbocycles. The van der Waals surface area contributed by atoms with Gasteiger partial charge < -0.3 is 25.3 Å². The van der Waals surface area contributed by atoms with E-state index in [1.54, 1.807) is 24.3 Å². The van der Waals surface area contributed by atoms with Gasteiger partial charge >= 0.3 is 5.97 Å². The third-order valence-corrected chi connectivity index (χ3v) is 4.65. The molecule has 0 aliphatic carbocycles. The molecule has 0 aliphatic heterocycles. The minimum absolute atomic E-state index is 0.0627. The highest BCUT2D eigenvalue weighted by atomic mass is 35.5. The van der Waals surface area contributed by atoms with Gasteiger partial charge in [-0.15, -0.1) is 0 Å². The smallest absolute Gasteiger partial charge is 0.354 e. The fourth-order valence-electron chi connectivity index (χ4n) is 3.24. The number of carboxylic acids is 1. The summed E-state index contributed by atoms with van der Waals surface area (Å²) in [6.07, 6.45) is 1.50. The average Bonchev–Trinajstić information content (AvgIpc) is 3.05. The number of rotatable bonds is 5. The molecule has 2 aromatic carbocycles. The molecule has 7 nitrogen and oxygen atoms in total. The van der Waals surface area contributed by atoms with E-state index in [2.05, 4.69) is 9.97 Å². The summed E-state index contributed by atoms with van der Waals surface area (Å²) in [7, 11) is 1.50. The number of carbonyl (C=O) groups is 1. The molecule has 0 saturated heterocycles. The summed E-state index contributed by atoms with van der Waals surface area (Å²) < 4.78 is 11.3. The Kier molecular flexibility index (Phi) is 4.54. The Balaban J connectivity index is 2.01. The van der Waals surface area contributed by atoms with Crippen LogP contribution in [0.15, 0.2) is 42.6 Å². The van der Waals surface area contributed by atoms with Crippen molar-refractivity contribution in [2.75, 3.05) is 12.8 Å². The number of aromatic carboxylic acids is 1. The number of ether oxygens (including phenoxy) is 2. The summed E-state index contributed by atoms with van der Waals surface area (Å²) >= 11 is 6.07. The maximum absolute atomic E-state index is 11.7. The van der Waals surface area contributed by atoms with Gasteiger partial charge in [0.25, 0.3) is 0 Å². The summed E-state index contributed by atoms with van der Waals surface area (Å²) in [5.74, 6) is -0.200. The van der Waals surface area contributed by atoms with Crippen LogP contribution in [0.5, 0.6) is 11.5 Å². The Morgan fingerprint density at radius 2 is 2.04 bits per heavy atom. The molecule has 2 heterocycles. The van der Waals surface area contributed by atoms with Crippen LogP contribution < -0.4 is 10.5 Å². The highest BCUT2D eigenvalue weighted by molar-refractivity contribution is 6.30. The monoisotopic (exact) mass is 397 g/mol. The lowest BCUT2D eigenvalue weighted by Gasteiger charge is -2.11. The second kappa shape index (κ2) is 7.03. The first-order valence-corrected chi connectivity index (χ1v) is 8.74. The van der Waals surface area contributed by atoms with Crippen molar-refractivity contribution in [2.24, 2.45) is 0 Å². The standard InChI is InChI=1S/C20H16ClN3O4/c1-27-9-11-17-14(8-23-19(11)20(25)26)24-13-3-2-4-15(18(13)17)28-16-7-10(21)5-6-12(16)22/h2-8,24H,9,22H2,1H3,(H,25,26). The SMILES string of the molecule is COCc1c(C(=O)O)ncc2[nH]c3cccc(Oc4cc(Cl)ccc4N)c3c12. The van der Waals surface area contributed by atoms with Gasteiger partial charge in [0.2, 0.25) is 0 Å². The molecule has 0 aliphatic rings. The molecular weight excluding hydrogens is 382 g/mol. The first-order valence-electron chi connectivity index (χ1n) is 8.37. The minimum Gasteiger partial charge on any atom is -0.477 e. The van der Waals surface area contributed by atoms with E-state index in [4.69, 9.17) is 26.8 Å². The number of benzene rings is 2. The molecule has 0 spiro atoms. The maximum atomic E-state index is 11.7. The van der Waals surface area contributed by atoms with Crippen LogP contribution >= 0.6 is 11.6 Å². The Morgan fingerprint density at radius 3 is 2.79 bits per heavy atom. The number of carboxylic acid groups (broad SMARTS) is 1. The normalized spacial score (nSPS) is 11.2. The highest BCUT2D eigenvalue weighted by Gasteiger charge is 2.21. The summed E-state index contributed by atoms with van der Waals surface area (Å²) in [6, 6.07) is 10.5. The zero-order chi connectivity index (χ0) is 19.8. The first kappa shape index (κ1) is 18.1. The summed E-state index contributed by atoms with van der Waals surface area (Å²) in [4.78, 5) is 19.0. The lowest BCUT2D eigenvalue weighted by atomic mass is 10.1. The molecule has 4 aromatic rings. The molecule has 0 unspecified atom stereocenters. The Labute approximate surface area is 164 Å². The van der Waals surface area contributed by atoms with Crippen LogP contribution in [0.1, 0.15) is 16.1 Å². The quantitative estimate of drug-likeness (QED) is 0.425. The number of hydrogen-bond donors (Lipinski definition) is 3. The van der Waals surface area contributed by atoms with E-state index in [-0.39, 0.29) is 12.3 Å². The van der Waals surface area contributed by atoms with E-state index in [0.717, 1.165) is 5.52 Å². The van der Waals surface area contributed by atoms with Crippen LogP contribution in [0.4, 0.5) is 5.69 Å². The number of methoxy groups -OCH3 is 1. The third kappa shape index (κ3) is 3.00. The number of halogens is 1. The zero-order valence-electron chi connectivity index (χ0n) is 14.8. The third-order valence-electron chi connectivity index (χ3n) is 4.41. The second-order valence-electron chi connectivity index (χ2n) is 6.20. The van der Waals surface area contributed by atoms with Gasteiger partial charge in [0.15, 0.2) is 11.4 Å². The number of aromatic nitrogens is 2. The lowest BCUT2D eigenvalue weighted by molar-refractivity contribution is 0.0685. The molecular formula is C20H16ClN3O4. The van der Waals surface area contributed by atoms with Crippen LogP contribution in [0.2, 0.25) is 5.02 Å². The Hall–Kier alpha value is -3.29. The number of pyridine rings is 1. The van der Waals surface area contributed by atoms with Crippen molar-refractivity contribution in [2.45, 2.75) is 6.61 Å². The van der Waals surface area contributed by atoms with Crippen LogP contribution in [-0.2, 0) is 11.3 Å². The van der Waals surface area contributed by atoms with E-state index >= 15 is 0 Å². The zero-order valence-corrected chi connectivity index (χ0v) is 15.6. The minimum atomic E-state index is -1.12. The lowest BCUT2D eigenvalue weighted by Crippen LogP contribution is -2.07. The number of anilines is 1. The number of nitrogens with zero attached hydrogens (tertiary/aromatic N) is 1. The number of nitrogen functional groups attached to an aromatic ring is 1. The summed E-state index contributed by atoms with van der Waals surface area (Å²) in [6.45, 7) is 0.0898. The van der Waals surface area contributed by atoms with Gasteiger partial charge in [-0.3, -0.25) is 0 Å². The summed E-state index contributed by atoms with van der Waals surface area (Å²) in [5.41, 5.74) is 8.31. The predicted molar refractivity (Wildman–Crippen MR) is 107 cm³/mol. The Morgan fingerprint density at radius 1 is 1.21 bits per heavy atom. The topological polar surface area (TPSA) is 110 Å². The van der Waals surface area contributed by atoms with E-state index < -0.39 is 5.97 Å². The van der Waals surface area contributed by atoms with Crippen molar-refractivity contribution in [3.8, 4) is 11.5 Å². The van der Waals surface area contributed by atoms with Crippen LogP contribution in [0, 0.1) is 0 Å². The number of nitrogens with two attached hydrogens (primary N) is 1. The van der Waals surface area contributed by atoms with Gasteiger partial charge in [-0.25, -0.2) is 9.78 Å². The molecule has 0 amide bonds. The molecule has 8 heteroatoms. The number of nitrogens with one attached hydrogen (secondary N) is 1. The van der Waals surface area contributed by atoms with E-state index in [1.807, 2.05) is 12.1 Å². The largest absolute Gasteiger partial charge is 0.477 e. The molecule has 0 bridgehead atoms. The van der Waals surface area contributed by atoms with Gasteiger partial charge in [-0.05, 0) is 24.3 Å². The van der Waals surface area contributed by atoms with Crippen molar-refractivity contribution >= 4 is 45.1 Å². The summed E-state index contributed by atoms with van der Waals surface area (Å²) in [5, 5.41) is 11.4. The number of aromatic amines is 1. The first-order chi connectivity index (χ1) is 13.5. The number of fused-ring (bicyclic) bond motifs is 3. The van der Waals surface area contributed by atoms with E-state index in [1.165, 1.54) is 13.3 Å². The van der Waals surface area contributed by atoms with Gasteiger partial charge in [0.05, 0.1) is 34.9 Å². The molecule has 2 aromatic heterocycles. The molecule has 142 valence electrons. The van der Waals surface area contributed by atoms with E-state index in [0.29, 0.717) is 44.1 Å². The van der Waals surface area contributed by atoms with Crippen molar-refractivity contribution in [3.05, 3.63) is 58.9 Å². The van der Waals surface area contributed by atoms with Crippen molar-refractivity contribution < 1.29 is 19.4 Å². The van der Waals surface area contributed by atoms with Crippen molar-refractivity contribution in [3.63, 3.8) is 0 Å². The predicted octanol–water partition coefficient (Wildman–Crippen LogP) is 4.59. The molecule has 0 fully saturated rings. The van der Waals surface area contributed by atoms with Crippen LogP contribution in [0.25, 0.3) is 21.8 Å². The molecule has 4 N–H and O–H groups in total. The molecule has 0 atom stereocenters. The van der Waals surface area contributed by atoms with Crippen molar-refractivity contribution in [1.82, 2.24) is 9.97 Å².